The van der Waals surface area contributed by atoms with E-state index in [1.54, 1.807) is 6.07 Å². The molecule has 4 rings (SSSR count). The maximum absolute atomic E-state index is 9.97. The Bertz CT molecular complexity index is 1370. The first-order valence-corrected chi connectivity index (χ1v) is 12.5. The van der Waals surface area contributed by atoms with E-state index in [-0.39, 0.29) is 0 Å². The van der Waals surface area contributed by atoms with Crippen LogP contribution in [0.2, 0.25) is 0 Å². The molecule has 0 spiro atoms. The molecule has 0 aliphatic rings. The molecule has 32 heavy (non-hydrogen) atoms. The molecule has 2 heterocycles. The van der Waals surface area contributed by atoms with Gasteiger partial charge in [-0.2, -0.15) is 0 Å². The molecule has 172 valence electrons. The zero-order chi connectivity index (χ0) is 23.6. The number of nitrogens with one attached hydrogen (secondary N) is 1. The Morgan fingerprint density at radius 2 is 1.72 bits per heavy atom. The van der Waals surface area contributed by atoms with Crippen LogP contribution in [0.5, 0.6) is 5.75 Å². The van der Waals surface area contributed by atoms with Crippen molar-refractivity contribution in [2.24, 2.45) is 0 Å². The van der Waals surface area contributed by atoms with E-state index in [1.165, 1.54) is 32.8 Å². The normalized spacial score (nSPS) is 12.0. The monoisotopic (exact) mass is 457 g/mol. The quantitative estimate of drug-likeness (QED) is 0.352. The average molecular weight is 458 g/mol. The molecule has 0 fully saturated rings. The number of hydrogen-bond acceptors (Lipinski definition) is 5. The summed E-state index contributed by atoms with van der Waals surface area (Å²) in [6.45, 7) is 13.0. The Labute approximate surface area is 189 Å². The van der Waals surface area contributed by atoms with E-state index in [9.17, 15) is 5.11 Å². The Morgan fingerprint density at radius 3 is 2.34 bits per heavy atom. The summed E-state index contributed by atoms with van der Waals surface area (Å²) in [5.41, 5.74) is 4.76. The van der Waals surface area contributed by atoms with Crippen LogP contribution in [-0.4, -0.2) is 53.9 Å². The second-order valence-corrected chi connectivity index (χ2v) is 9.50. The van der Waals surface area contributed by atoms with Crippen molar-refractivity contribution in [2.45, 2.75) is 34.2 Å². The van der Waals surface area contributed by atoms with Crippen molar-refractivity contribution in [3.05, 3.63) is 47.8 Å². The molecule has 0 radical (unpaired) electrons. The molecule has 2 aromatic carbocycles. The van der Waals surface area contributed by atoms with E-state index in [0.29, 0.717) is 12.0 Å². The van der Waals surface area contributed by atoms with Crippen LogP contribution in [-0.2, 0) is 16.7 Å². The van der Waals surface area contributed by atoms with Crippen LogP contribution in [0.15, 0.2) is 36.7 Å². The van der Waals surface area contributed by atoms with Crippen molar-refractivity contribution in [2.75, 3.05) is 25.9 Å². The van der Waals surface area contributed by atoms with Crippen molar-refractivity contribution >= 4 is 42.7 Å². The lowest BCUT2D eigenvalue weighted by molar-refractivity contribution is -0.695. The standard InChI is InChI=1S/C23H27N3O.CH4O3S/c1-5-25(6-2)11-12-26-10-9-18-16(4)23-22(15(3)20(18)14-26)19-13-17(27)7-8-21(19)24-23;1-5(2,3)4/h7-10,13-14,27H,5-6,11-12H2,1-4H3;1H3,(H,2,3,4). The third-order valence-corrected chi connectivity index (χ3v) is 5.93. The van der Waals surface area contributed by atoms with Gasteiger partial charge in [-0.25, -0.2) is 13.0 Å². The fourth-order valence-electron chi connectivity index (χ4n) is 4.22. The molecule has 2 N–H and O–H groups in total. The van der Waals surface area contributed by atoms with E-state index in [1.807, 2.05) is 12.1 Å². The van der Waals surface area contributed by atoms with E-state index >= 15 is 0 Å². The van der Waals surface area contributed by atoms with Crippen molar-refractivity contribution in [1.29, 1.82) is 0 Å². The van der Waals surface area contributed by atoms with Gasteiger partial charge in [0.05, 0.1) is 22.2 Å². The van der Waals surface area contributed by atoms with Crippen molar-refractivity contribution < 1.29 is 22.6 Å². The summed E-state index contributed by atoms with van der Waals surface area (Å²) in [7, 11) is -3.92. The second-order valence-electron chi connectivity index (χ2n) is 8.10. The highest BCUT2D eigenvalue weighted by molar-refractivity contribution is 7.84. The Morgan fingerprint density at radius 1 is 1.06 bits per heavy atom. The van der Waals surface area contributed by atoms with Crippen molar-refractivity contribution in [1.82, 2.24) is 9.88 Å². The topological polar surface area (TPSA) is 100 Å². The minimum absolute atomic E-state index is 0.308. The molecule has 0 saturated carbocycles. The maximum Gasteiger partial charge on any atom is 0.176 e. The predicted molar refractivity (Wildman–Crippen MR) is 128 cm³/mol. The van der Waals surface area contributed by atoms with E-state index in [2.05, 4.69) is 60.6 Å². The number of phenolic OH excluding ortho intramolecular Hbond substituents is 1. The fourth-order valence-corrected chi connectivity index (χ4v) is 4.22. The lowest BCUT2D eigenvalue weighted by Crippen LogP contribution is -2.40. The Kier molecular flexibility index (Phi) is 7.07. The highest BCUT2D eigenvalue weighted by Crippen LogP contribution is 2.37. The molecule has 0 saturated heterocycles. The summed E-state index contributed by atoms with van der Waals surface area (Å²) in [5.74, 6) is 0.308. The summed E-state index contributed by atoms with van der Waals surface area (Å²) < 4.78 is 29.5. The van der Waals surface area contributed by atoms with E-state index in [4.69, 9.17) is 13.0 Å². The lowest BCUT2D eigenvalue weighted by Gasteiger charge is -2.15. The third kappa shape index (κ3) is 5.20. The van der Waals surface area contributed by atoms with Gasteiger partial charge in [0, 0.05) is 34.0 Å². The molecule has 0 aliphatic carbocycles. The Balaban J connectivity index is 0.000000523. The van der Waals surface area contributed by atoms with Gasteiger partial charge in [0.2, 0.25) is 0 Å². The first-order chi connectivity index (χ1) is 15.0. The summed E-state index contributed by atoms with van der Waals surface area (Å²) in [6.07, 6.45) is 5.08. The average Bonchev–Trinajstić information content (AvgIpc) is 3.10. The summed E-state index contributed by atoms with van der Waals surface area (Å²) in [4.78, 5) is 6.00. The van der Waals surface area contributed by atoms with Gasteiger partial charge in [-0.15, -0.1) is 0 Å². The second kappa shape index (κ2) is 9.44. The van der Waals surface area contributed by atoms with Gasteiger partial charge in [0.15, 0.2) is 18.9 Å². The van der Waals surface area contributed by atoms with Crippen LogP contribution >= 0.6 is 0 Å². The zero-order valence-electron chi connectivity index (χ0n) is 19.3. The molecule has 8 heteroatoms. The van der Waals surface area contributed by atoms with Gasteiger partial charge in [0.1, 0.15) is 5.75 Å². The number of aromatic amines is 1. The van der Waals surface area contributed by atoms with Gasteiger partial charge < -0.3 is 14.6 Å². The third-order valence-electron chi connectivity index (χ3n) is 5.93. The smallest absolute Gasteiger partial charge is 0.176 e. The molecule has 7 nitrogen and oxygen atoms in total. The van der Waals surface area contributed by atoms with Gasteiger partial charge in [-0.1, -0.05) is 13.8 Å². The molecular weight excluding hydrogens is 426 g/mol. The molecule has 0 atom stereocenters. The number of nitrogens with zero attached hydrogens (tertiary/aromatic N) is 2. The number of aryl methyl sites for hydroxylation is 2. The highest BCUT2D eigenvalue weighted by Gasteiger charge is 2.17. The number of rotatable bonds is 5. The van der Waals surface area contributed by atoms with Crippen LogP contribution in [0.4, 0.5) is 0 Å². The number of phenols is 1. The van der Waals surface area contributed by atoms with E-state index < -0.39 is 10.1 Å². The number of hydrogen-bond donors (Lipinski definition) is 2. The molecule has 4 aromatic rings. The first kappa shape index (κ1) is 24.0. The van der Waals surface area contributed by atoms with Gasteiger partial charge >= 0.3 is 0 Å². The van der Waals surface area contributed by atoms with Gasteiger partial charge in [-0.05, 0) is 61.6 Å². The molecule has 0 unspecified atom stereocenters. The number of aromatic hydroxyl groups is 1. The highest BCUT2D eigenvalue weighted by atomic mass is 32.2. The van der Waals surface area contributed by atoms with Crippen LogP contribution in [0.3, 0.4) is 0 Å². The minimum Gasteiger partial charge on any atom is -0.748 e. The maximum atomic E-state index is 9.97. The summed E-state index contributed by atoms with van der Waals surface area (Å²) in [5, 5.41) is 14.8. The summed E-state index contributed by atoms with van der Waals surface area (Å²) >= 11 is 0. The van der Waals surface area contributed by atoms with Gasteiger partial charge in [-0.3, -0.25) is 4.90 Å². The Hall–Kier alpha value is -2.68. The lowest BCUT2D eigenvalue weighted by atomic mass is 9.97. The van der Waals surface area contributed by atoms with Crippen molar-refractivity contribution in [3.8, 4) is 5.75 Å². The number of fused-ring (bicyclic) bond motifs is 4. The van der Waals surface area contributed by atoms with Crippen LogP contribution in [0.1, 0.15) is 25.0 Å². The van der Waals surface area contributed by atoms with Crippen LogP contribution < -0.4 is 4.57 Å². The fraction of sp³-hybridized carbons (Fsp3) is 0.375. The summed E-state index contributed by atoms with van der Waals surface area (Å²) in [6, 6.07) is 7.80. The molecule has 2 aromatic heterocycles. The molecular formula is C24H31N3O4S. The van der Waals surface area contributed by atoms with Crippen molar-refractivity contribution in [3.63, 3.8) is 0 Å². The minimum atomic E-state index is -3.92. The number of H-pyrrole nitrogens is 1. The SMILES string of the molecule is CCN(CC)CC[n+]1ccc2c(C)c3[nH]c4ccc(O)cc4c3c(C)c2c1.CS(=O)(=O)[O-]. The first-order valence-electron chi connectivity index (χ1n) is 10.7. The zero-order valence-corrected chi connectivity index (χ0v) is 20.1. The molecule has 0 aliphatic heterocycles. The largest absolute Gasteiger partial charge is 0.748 e. The predicted octanol–water partition coefficient (Wildman–Crippen LogP) is 3.59. The molecule has 0 bridgehead atoms. The number of benzene rings is 2. The van der Waals surface area contributed by atoms with Crippen LogP contribution in [0, 0.1) is 13.8 Å². The number of pyridine rings is 1. The number of likely N-dealkylation sites (N-methyl/N-ethyl adjacent to an activating group) is 1. The van der Waals surface area contributed by atoms with Crippen LogP contribution in [0.25, 0.3) is 32.6 Å². The number of aromatic nitrogens is 2. The van der Waals surface area contributed by atoms with Gasteiger partial charge in [0.25, 0.3) is 0 Å². The molecule has 0 amide bonds. The van der Waals surface area contributed by atoms with E-state index in [0.717, 1.165) is 37.1 Å².